The highest BCUT2D eigenvalue weighted by molar-refractivity contribution is 5.40. The first-order valence-electron chi connectivity index (χ1n) is 7.03. The lowest BCUT2D eigenvalue weighted by Crippen LogP contribution is -2.16. The molecule has 104 valence electrons. The molecule has 0 amide bonds. The van der Waals surface area contributed by atoms with Gasteiger partial charge in [-0.15, -0.1) is 0 Å². The molecule has 1 fully saturated rings. The Labute approximate surface area is 119 Å². The van der Waals surface area contributed by atoms with Crippen LogP contribution in [0.3, 0.4) is 0 Å². The molecule has 1 aromatic heterocycles. The normalized spacial score (nSPS) is 14.2. The molecule has 0 bridgehead atoms. The maximum atomic E-state index is 5.94. The summed E-state index contributed by atoms with van der Waals surface area (Å²) in [6.07, 6.45) is 6.05. The Balaban J connectivity index is 1.69. The van der Waals surface area contributed by atoms with Gasteiger partial charge in [-0.25, -0.2) is 9.97 Å². The fourth-order valence-electron chi connectivity index (χ4n) is 2.14. The third-order valence-corrected chi connectivity index (χ3v) is 3.42. The first-order chi connectivity index (χ1) is 9.83. The second-order valence-corrected chi connectivity index (χ2v) is 5.17. The van der Waals surface area contributed by atoms with Gasteiger partial charge in [-0.3, -0.25) is 0 Å². The number of para-hydroxylation sites is 1. The van der Waals surface area contributed by atoms with E-state index >= 15 is 0 Å². The molecule has 4 nitrogen and oxygen atoms in total. The largest absolute Gasteiger partial charge is 0.485 e. The van der Waals surface area contributed by atoms with Crippen LogP contribution in [0.2, 0.25) is 0 Å². The van der Waals surface area contributed by atoms with Gasteiger partial charge >= 0.3 is 0 Å². The monoisotopic (exact) mass is 269 g/mol. The lowest BCUT2D eigenvalue weighted by atomic mass is 10.1. The summed E-state index contributed by atoms with van der Waals surface area (Å²) >= 11 is 0. The van der Waals surface area contributed by atoms with Crippen molar-refractivity contribution in [1.29, 1.82) is 0 Å². The molecule has 0 radical (unpaired) electrons. The maximum absolute atomic E-state index is 5.94. The van der Waals surface area contributed by atoms with Gasteiger partial charge in [0.1, 0.15) is 12.4 Å². The summed E-state index contributed by atoms with van der Waals surface area (Å²) < 4.78 is 5.94. The Bertz CT molecular complexity index is 567. The Kier molecular flexibility index (Phi) is 3.92. The number of benzene rings is 1. The number of hydrogen-bond acceptors (Lipinski definition) is 4. The predicted octanol–water partition coefficient (Wildman–Crippen LogP) is 2.62. The first kappa shape index (κ1) is 13.1. The zero-order chi connectivity index (χ0) is 13.8. The van der Waals surface area contributed by atoms with E-state index in [1.165, 1.54) is 18.4 Å². The standard InChI is InChI=1S/C16H19N3O/c1-12-4-2-5-13(10-19-14-6-7-14)16(12)20-11-15-17-8-3-9-18-15/h2-5,8-9,14,19H,6-7,10-11H2,1H3. The van der Waals surface area contributed by atoms with Crippen molar-refractivity contribution in [2.24, 2.45) is 0 Å². The average Bonchev–Trinajstić information content (AvgIpc) is 3.29. The van der Waals surface area contributed by atoms with Crippen LogP contribution in [0.5, 0.6) is 5.75 Å². The summed E-state index contributed by atoms with van der Waals surface area (Å²) in [4.78, 5) is 8.37. The van der Waals surface area contributed by atoms with Gasteiger partial charge in [-0.05, 0) is 31.4 Å². The quantitative estimate of drug-likeness (QED) is 0.875. The smallest absolute Gasteiger partial charge is 0.166 e. The summed E-state index contributed by atoms with van der Waals surface area (Å²) in [5, 5.41) is 3.53. The Hall–Kier alpha value is -1.94. The lowest BCUT2D eigenvalue weighted by Gasteiger charge is -2.14. The Morgan fingerprint density at radius 2 is 2.00 bits per heavy atom. The molecule has 2 aromatic rings. The van der Waals surface area contributed by atoms with Crippen molar-refractivity contribution in [1.82, 2.24) is 15.3 Å². The van der Waals surface area contributed by atoms with Crippen LogP contribution in [0.4, 0.5) is 0 Å². The van der Waals surface area contributed by atoms with Gasteiger partial charge in [0.05, 0.1) is 0 Å². The average molecular weight is 269 g/mol. The van der Waals surface area contributed by atoms with Crippen LogP contribution >= 0.6 is 0 Å². The summed E-state index contributed by atoms with van der Waals surface area (Å²) in [6.45, 7) is 3.33. The van der Waals surface area contributed by atoms with Crippen LogP contribution in [-0.2, 0) is 13.2 Å². The molecule has 1 heterocycles. The number of rotatable bonds is 6. The fourth-order valence-corrected chi connectivity index (χ4v) is 2.14. The zero-order valence-electron chi connectivity index (χ0n) is 11.7. The molecular formula is C16H19N3O. The van der Waals surface area contributed by atoms with Gasteiger partial charge in [0.2, 0.25) is 0 Å². The molecule has 1 saturated carbocycles. The SMILES string of the molecule is Cc1cccc(CNC2CC2)c1OCc1ncccn1. The van der Waals surface area contributed by atoms with Crippen molar-refractivity contribution in [3.05, 3.63) is 53.6 Å². The number of ether oxygens (including phenoxy) is 1. The second-order valence-electron chi connectivity index (χ2n) is 5.17. The van der Waals surface area contributed by atoms with Crippen molar-refractivity contribution < 1.29 is 4.74 Å². The number of nitrogens with zero attached hydrogens (tertiary/aromatic N) is 2. The van der Waals surface area contributed by atoms with E-state index in [4.69, 9.17) is 4.74 Å². The van der Waals surface area contributed by atoms with Crippen LogP contribution in [-0.4, -0.2) is 16.0 Å². The summed E-state index contributed by atoms with van der Waals surface area (Å²) in [5.74, 6) is 1.66. The van der Waals surface area contributed by atoms with Crippen LogP contribution in [0.15, 0.2) is 36.7 Å². The summed E-state index contributed by atoms with van der Waals surface area (Å²) in [5.41, 5.74) is 2.35. The van der Waals surface area contributed by atoms with Crippen molar-refractivity contribution in [2.75, 3.05) is 0 Å². The van der Waals surface area contributed by atoms with E-state index in [2.05, 4.69) is 40.4 Å². The first-order valence-corrected chi connectivity index (χ1v) is 7.03. The van der Waals surface area contributed by atoms with Gasteiger partial charge in [0.15, 0.2) is 5.82 Å². The van der Waals surface area contributed by atoms with Crippen molar-refractivity contribution in [2.45, 2.75) is 39.0 Å². The van der Waals surface area contributed by atoms with Crippen molar-refractivity contribution >= 4 is 0 Å². The number of nitrogens with one attached hydrogen (secondary N) is 1. The minimum atomic E-state index is 0.405. The van der Waals surface area contributed by atoms with E-state index in [1.54, 1.807) is 12.4 Å². The summed E-state index contributed by atoms with van der Waals surface area (Å²) in [6, 6.07) is 8.76. The van der Waals surface area contributed by atoms with Crippen LogP contribution < -0.4 is 10.1 Å². The zero-order valence-corrected chi connectivity index (χ0v) is 11.7. The third kappa shape index (κ3) is 3.33. The van der Waals surface area contributed by atoms with Gasteiger partial charge in [0, 0.05) is 30.5 Å². The number of hydrogen-bond donors (Lipinski definition) is 1. The molecule has 0 atom stereocenters. The Morgan fingerprint density at radius 3 is 2.75 bits per heavy atom. The molecule has 0 spiro atoms. The fraction of sp³-hybridized carbons (Fsp3) is 0.375. The molecular weight excluding hydrogens is 250 g/mol. The molecule has 4 heteroatoms. The highest BCUT2D eigenvalue weighted by atomic mass is 16.5. The minimum absolute atomic E-state index is 0.405. The van der Waals surface area contributed by atoms with E-state index in [0.717, 1.165) is 17.9 Å². The topological polar surface area (TPSA) is 47.0 Å². The van der Waals surface area contributed by atoms with Crippen LogP contribution in [0, 0.1) is 6.92 Å². The summed E-state index contributed by atoms with van der Waals surface area (Å²) in [7, 11) is 0. The van der Waals surface area contributed by atoms with Crippen LogP contribution in [0.25, 0.3) is 0 Å². The highest BCUT2D eigenvalue weighted by Gasteiger charge is 2.20. The lowest BCUT2D eigenvalue weighted by molar-refractivity contribution is 0.290. The van der Waals surface area contributed by atoms with Crippen molar-refractivity contribution in [3.63, 3.8) is 0 Å². The second kappa shape index (κ2) is 6.01. The van der Waals surface area contributed by atoms with E-state index in [-0.39, 0.29) is 0 Å². The van der Waals surface area contributed by atoms with Gasteiger partial charge in [-0.1, -0.05) is 18.2 Å². The minimum Gasteiger partial charge on any atom is -0.485 e. The van der Waals surface area contributed by atoms with Crippen molar-refractivity contribution in [3.8, 4) is 5.75 Å². The van der Waals surface area contributed by atoms with Crippen LogP contribution in [0.1, 0.15) is 29.8 Å². The highest BCUT2D eigenvalue weighted by Crippen LogP contribution is 2.26. The van der Waals surface area contributed by atoms with Gasteiger partial charge in [-0.2, -0.15) is 0 Å². The molecule has 3 rings (SSSR count). The Morgan fingerprint density at radius 1 is 1.20 bits per heavy atom. The molecule has 0 aliphatic heterocycles. The molecule has 20 heavy (non-hydrogen) atoms. The van der Waals surface area contributed by atoms with E-state index in [9.17, 15) is 0 Å². The maximum Gasteiger partial charge on any atom is 0.166 e. The third-order valence-electron chi connectivity index (χ3n) is 3.42. The molecule has 1 aliphatic rings. The van der Waals surface area contributed by atoms with E-state index < -0.39 is 0 Å². The molecule has 0 unspecified atom stereocenters. The number of aromatic nitrogens is 2. The van der Waals surface area contributed by atoms with Gasteiger partial charge < -0.3 is 10.1 Å². The molecule has 1 aliphatic carbocycles. The number of aryl methyl sites for hydroxylation is 1. The molecule has 1 aromatic carbocycles. The predicted molar refractivity (Wildman–Crippen MR) is 77.4 cm³/mol. The molecule has 1 N–H and O–H groups in total. The van der Waals surface area contributed by atoms with E-state index in [0.29, 0.717) is 18.5 Å². The molecule has 0 saturated heterocycles. The van der Waals surface area contributed by atoms with E-state index in [1.807, 2.05) is 6.07 Å². The van der Waals surface area contributed by atoms with Gasteiger partial charge in [0.25, 0.3) is 0 Å².